The molecule has 0 bridgehead atoms. The summed E-state index contributed by atoms with van der Waals surface area (Å²) in [7, 11) is 0. The number of nitrogens with zero attached hydrogens (tertiary/aromatic N) is 4. The van der Waals surface area contributed by atoms with E-state index in [1.165, 1.54) is 0 Å². The summed E-state index contributed by atoms with van der Waals surface area (Å²) in [5.41, 5.74) is 3.88. The van der Waals surface area contributed by atoms with Crippen LogP contribution < -0.4 is 26.2 Å². The van der Waals surface area contributed by atoms with Crippen molar-refractivity contribution in [1.29, 1.82) is 0 Å². The van der Waals surface area contributed by atoms with Crippen molar-refractivity contribution in [3.8, 4) is 55.9 Å². The van der Waals surface area contributed by atoms with Gasteiger partial charge in [0.15, 0.2) is 0 Å². The summed E-state index contributed by atoms with van der Waals surface area (Å²) >= 11 is 0. The number of fused-ring (bicyclic) bond motifs is 13. The van der Waals surface area contributed by atoms with Gasteiger partial charge in [-0.2, -0.15) is 0 Å². The van der Waals surface area contributed by atoms with Gasteiger partial charge in [0.25, 0.3) is 6.71 Å². The van der Waals surface area contributed by atoms with Gasteiger partial charge in [0.2, 0.25) is 0 Å². The number of aromatic nitrogens is 2. The molecule has 0 fully saturated rings. The van der Waals surface area contributed by atoms with E-state index in [0.29, 0.717) is 72.5 Å². The van der Waals surface area contributed by atoms with Gasteiger partial charge in [-0.05, 0) is 129 Å². The molecule has 3 aromatic heterocycles. The van der Waals surface area contributed by atoms with Crippen molar-refractivity contribution in [2.24, 2.45) is 0 Å². The van der Waals surface area contributed by atoms with E-state index < -0.39 is 173 Å². The Kier molecular flexibility index (Phi) is 7.35. The van der Waals surface area contributed by atoms with Crippen LogP contribution in [0, 0.1) is 0 Å². The average Bonchev–Trinajstić information content (AvgIpc) is 0.794. The number of hydrogen-bond donors (Lipinski definition) is 0. The first-order valence-electron chi connectivity index (χ1n) is 40.2. The number of furan rings is 1. The fraction of sp³-hybridized carbons (Fsp3) is 0. The first-order valence-corrected chi connectivity index (χ1v) is 29.2. The van der Waals surface area contributed by atoms with Crippen LogP contribution in [0.2, 0.25) is 0 Å². The fourth-order valence-electron chi connectivity index (χ4n) is 13.6. The number of para-hydroxylation sites is 7. The van der Waals surface area contributed by atoms with E-state index in [-0.39, 0.29) is 55.2 Å². The van der Waals surface area contributed by atoms with Gasteiger partial charge in [-0.15, -0.1) is 0 Å². The van der Waals surface area contributed by atoms with Crippen LogP contribution in [-0.2, 0) is 0 Å². The normalized spacial score (nSPS) is 16.0. The third-order valence-electron chi connectivity index (χ3n) is 17.4. The zero-order valence-electron chi connectivity index (χ0n) is 69.2. The molecule has 14 aromatic carbocycles. The molecule has 0 unspecified atom stereocenters. The van der Waals surface area contributed by atoms with Gasteiger partial charge >= 0.3 is 0 Å². The van der Waals surface area contributed by atoms with E-state index in [9.17, 15) is 21.9 Å². The molecular weight excluding hydrogens is 1090 g/mol. The SMILES string of the molecule is [2H]c1c([2H])c(-n2c3c([2H])c([2H])c([2H])c([2H])c3c3c([2H])c([2H])c([2H])c([2H])c32)c([2H])c2c1B1c3c(cc(-c4ccc5oc6ccccc6c5c4)cc3N(c3c(-c4ccccc4)cccc3-c3ccccc3)c3c([2H])c(-n4c5c([2H])c([2H])c([2H])c([2H])c5c5c([2H])c([2H])c([2H])c([2H])c54)c([2H])c([2H])c31)N2c1ccccc1-c1ccccc1. The minimum atomic E-state index is -1.63. The Morgan fingerprint density at radius 2 is 0.744 bits per heavy atom. The lowest BCUT2D eigenvalue weighted by Crippen LogP contribution is -2.61. The Balaban J connectivity index is 1.07. The Morgan fingerprint density at radius 1 is 0.300 bits per heavy atom. The Labute approximate surface area is 551 Å². The molecule has 0 radical (unpaired) electrons. The highest BCUT2D eigenvalue weighted by atomic mass is 16.3. The third-order valence-corrected chi connectivity index (χ3v) is 17.4. The summed E-state index contributed by atoms with van der Waals surface area (Å²) in [5, 5.41) is 0.0793. The molecule has 0 saturated carbocycles. The predicted octanol–water partition coefficient (Wildman–Crippen LogP) is 20.5. The second-order valence-corrected chi connectivity index (χ2v) is 22.2. The second kappa shape index (κ2) is 19.8. The zero-order valence-corrected chi connectivity index (χ0v) is 47.2. The summed E-state index contributed by atoms with van der Waals surface area (Å²) < 4.78 is 225. The highest BCUT2D eigenvalue weighted by Crippen LogP contribution is 2.53. The molecule has 17 aromatic rings. The second-order valence-electron chi connectivity index (χ2n) is 22.2. The van der Waals surface area contributed by atoms with Gasteiger partial charge in [-0.25, -0.2) is 0 Å². The van der Waals surface area contributed by atoms with Crippen molar-refractivity contribution >= 4 is 123 Å². The van der Waals surface area contributed by atoms with E-state index >= 15 is 0 Å². The molecule has 5 nitrogen and oxygen atoms in total. The van der Waals surface area contributed by atoms with Crippen LogP contribution in [0.5, 0.6) is 0 Å². The van der Waals surface area contributed by atoms with E-state index in [2.05, 4.69) is 0 Å². The molecule has 0 N–H and O–H groups in total. The summed E-state index contributed by atoms with van der Waals surface area (Å²) in [6.07, 6.45) is 0. The summed E-state index contributed by atoms with van der Waals surface area (Å²) in [6, 6.07) is 42.3. The predicted molar refractivity (Wildman–Crippen MR) is 378 cm³/mol. The number of benzene rings is 14. The van der Waals surface area contributed by atoms with Crippen molar-refractivity contribution in [2.45, 2.75) is 0 Å². The van der Waals surface area contributed by atoms with Gasteiger partial charge in [-0.1, -0.05) is 236 Å². The standard InChI is InChI=1S/C84H53BN4O/c1-4-23-54(24-5-1)61-29-10-16-37-72(61)88-77-52-59(86-73-38-17-11-30-64(73)65-31-12-18-39-74(65)86)44-46-70(77)85-71-47-45-60(87-75-40-19-13-32-66(75)67-33-14-20-41-76(67)87)53-78(71)89(84-62(55-25-6-2-7-26-55)35-22-36-63(84)56-27-8-3-9-28-56)80-51-58(50-79(88)83(80)85)57-43-48-82-69(49-57)68-34-15-21-42-81(68)90-82/h1-53H/i11D,12D,13D,14D,17D,18D,19D,20D,30D,31D,32D,33D,38D,39D,40D,41D,44D,45D,46D,47D,52D,53D. The number of rotatable bonds is 8. The van der Waals surface area contributed by atoms with Crippen molar-refractivity contribution in [3.63, 3.8) is 0 Å². The van der Waals surface area contributed by atoms with Crippen LogP contribution in [0.1, 0.15) is 30.2 Å². The van der Waals surface area contributed by atoms with E-state index in [1.54, 1.807) is 11.0 Å². The largest absolute Gasteiger partial charge is 0.456 e. The minimum absolute atomic E-state index is 0.167. The first kappa shape index (κ1) is 33.3. The molecule has 2 aliphatic rings. The summed E-state index contributed by atoms with van der Waals surface area (Å²) in [6.45, 7) is -1.63. The van der Waals surface area contributed by atoms with Crippen LogP contribution in [0.25, 0.3) is 121 Å². The Morgan fingerprint density at radius 3 is 1.30 bits per heavy atom. The summed E-state index contributed by atoms with van der Waals surface area (Å²) in [4.78, 5) is 3.59. The van der Waals surface area contributed by atoms with E-state index in [1.807, 2.05) is 187 Å². The smallest absolute Gasteiger partial charge is 0.252 e. The number of hydrogen-bond acceptors (Lipinski definition) is 3. The monoisotopic (exact) mass is 1170 g/mol. The molecule has 6 heteroatoms. The van der Waals surface area contributed by atoms with Gasteiger partial charge in [0.1, 0.15) is 11.2 Å². The molecule has 0 spiro atoms. The van der Waals surface area contributed by atoms with E-state index in [0.717, 1.165) is 19.9 Å². The molecule has 90 heavy (non-hydrogen) atoms. The molecule has 0 saturated heterocycles. The fourth-order valence-corrected chi connectivity index (χ4v) is 13.6. The molecule has 0 atom stereocenters. The third kappa shape index (κ3) is 7.52. The van der Waals surface area contributed by atoms with Crippen molar-refractivity contribution in [3.05, 3.63) is 321 Å². The molecule has 0 aliphatic carbocycles. The topological polar surface area (TPSA) is 29.5 Å². The average molecular weight is 1170 g/mol. The lowest BCUT2D eigenvalue weighted by atomic mass is 9.33. The molecule has 418 valence electrons. The number of anilines is 6. The lowest BCUT2D eigenvalue weighted by molar-refractivity contribution is 0.669. The molecule has 2 aliphatic heterocycles. The summed E-state index contributed by atoms with van der Waals surface area (Å²) in [5.74, 6) is 0. The first-order chi connectivity index (χ1) is 53.8. The quantitative estimate of drug-likeness (QED) is 0.142. The molecule has 0 amide bonds. The zero-order chi connectivity index (χ0) is 78.1. The highest BCUT2D eigenvalue weighted by Gasteiger charge is 2.45. The van der Waals surface area contributed by atoms with Gasteiger partial charge in [0, 0.05) is 83.1 Å². The van der Waals surface area contributed by atoms with Crippen LogP contribution in [-0.4, -0.2) is 15.8 Å². The maximum absolute atomic E-state index is 11.5. The van der Waals surface area contributed by atoms with Gasteiger partial charge < -0.3 is 23.4 Å². The van der Waals surface area contributed by atoms with Crippen LogP contribution in [0.4, 0.5) is 34.1 Å². The highest BCUT2D eigenvalue weighted by molar-refractivity contribution is 7.00. The van der Waals surface area contributed by atoms with Crippen molar-refractivity contribution < 1.29 is 34.6 Å². The molecule has 19 rings (SSSR count). The van der Waals surface area contributed by atoms with Crippen LogP contribution in [0.15, 0.2) is 325 Å². The molecule has 5 heterocycles. The van der Waals surface area contributed by atoms with Gasteiger partial charge in [0.05, 0.1) is 63.6 Å². The Bertz CT molecular complexity index is 6920. The Hall–Kier alpha value is -11.9. The minimum Gasteiger partial charge on any atom is -0.456 e. The lowest BCUT2D eigenvalue weighted by Gasteiger charge is -2.45. The van der Waals surface area contributed by atoms with Crippen LogP contribution >= 0.6 is 0 Å². The maximum atomic E-state index is 11.5. The maximum Gasteiger partial charge on any atom is 0.252 e. The van der Waals surface area contributed by atoms with Crippen LogP contribution in [0.3, 0.4) is 0 Å². The van der Waals surface area contributed by atoms with Gasteiger partial charge in [-0.3, -0.25) is 0 Å². The van der Waals surface area contributed by atoms with Crippen molar-refractivity contribution in [2.75, 3.05) is 9.80 Å². The molecular formula is C84H53BN4O. The van der Waals surface area contributed by atoms with E-state index in [4.69, 9.17) is 12.6 Å². The van der Waals surface area contributed by atoms with Crippen molar-refractivity contribution in [1.82, 2.24) is 9.13 Å².